The van der Waals surface area contributed by atoms with E-state index < -0.39 is 0 Å². The predicted octanol–water partition coefficient (Wildman–Crippen LogP) is 1.99. The maximum Gasteiger partial charge on any atom is 0.0266 e. The molecule has 0 aliphatic carbocycles. The summed E-state index contributed by atoms with van der Waals surface area (Å²) in [7, 11) is 0. The van der Waals surface area contributed by atoms with Crippen molar-refractivity contribution >= 4 is 24.0 Å². The molecule has 3 aliphatic rings. The van der Waals surface area contributed by atoms with Crippen LogP contribution in [-0.2, 0) is 0 Å². The normalized spacial score (nSPS) is 41.7. The first-order chi connectivity index (χ1) is 4.90. The molecule has 3 heterocycles. The van der Waals surface area contributed by atoms with Gasteiger partial charge in [-0.2, -0.15) is 0 Å². The molecule has 66 valence electrons. The molecule has 0 amide bonds. The van der Waals surface area contributed by atoms with Crippen molar-refractivity contribution in [2.24, 2.45) is 11.8 Å². The van der Waals surface area contributed by atoms with Gasteiger partial charge in [0.05, 0.1) is 0 Å². The summed E-state index contributed by atoms with van der Waals surface area (Å²) >= 11 is 5.85. The molecule has 0 spiro atoms. The van der Waals surface area contributed by atoms with Crippen LogP contribution in [-0.4, -0.2) is 30.4 Å². The van der Waals surface area contributed by atoms with Crippen LogP contribution in [0.1, 0.15) is 12.8 Å². The number of fused-ring (bicyclic) bond motifs is 3. The van der Waals surface area contributed by atoms with Crippen LogP contribution in [0.25, 0.3) is 0 Å². The highest BCUT2D eigenvalue weighted by molar-refractivity contribution is 6.18. The fourth-order valence-electron chi connectivity index (χ4n) is 2.26. The highest BCUT2D eigenvalue weighted by Gasteiger charge is 2.32. The molecular weight excluding hydrogens is 181 g/mol. The molecule has 0 saturated carbocycles. The van der Waals surface area contributed by atoms with Gasteiger partial charge in [0.1, 0.15) is 0 Å². The van der Waals surface area contributed by atoms with Crippen LogP contribution in [0.3, 0.4) is 0 Å². The maximum atomic E-state index is 5.85. The first kappa shape index (κ1) is 9.63. The number of hydrogen-bond donors (Lipinski definition) is 0. The molecule has 0 radical (unpaired) electrons. The molecule has 0 aromatic rings. The molecule has 1 unspecified atom stereocenters. The Balaban J connectivity index is 0.000000605. The molecule has 1 nitrogen and oxygen atoms in total. The predicted molar refractivity (Wildman–Crippen MR) is 50.6 cm³/mol. The van der Waals surface area contributed by atoms with Gasteiger partial charge in [-0.3, -0.25) is 0 Å². The van der Waals surface area contributed by atoms with Gasteiger partial charge in [-0.1, -0.05) is 0 Å². The monoisotopic (exact) mass is 195 g/mol. The Kier molecular flexibility index (Phi) is 3.48. The number of alkyl halides is 1. The topological polar surface area (TPSA) is 3.24 Å². The molecule has 0 aromatic carbocycles. The van der Waals surface area contributed by atoms with Crippen LogP contribution >= 0.6 is 24.0 Å². The zero-order chi connectivity index (χ0) is 6.97. The zero-order valence-electron chi connectivity index (χ0n) is 6.63. The summed E-state index contributed by atoms with van der Waals surface area (Å²) in [5.74, 6) is 2.65. The Morgan fingerprint density at radius 3 is 2.18 bits per heavy atom. The fourth-order valence-corrected chi connectivity index (χ4v) is 2.61. The molecule has 3 heteroatoms. The van der Waals surface area contributed by atoms with Gasteiger partial charge in [0.25, 0.3) is 0 Å². The van der Waals surface area contributed by atoms with Gasteiger partial charge in [0.2, 0.25) is 0 Å². The van der Waals surface area contributed by atoms with Crippen molar-refractivity contribution in [3.05, 3.63) is 0 Å². The van der Waals surface area contributed by atoms with Crippen LogP contribution < -0.4 is 0 Å². The van der Waals surface area contributed by atoms with E-state index in [2.05, 4.69) is 4.90 Å². The first-order valence-electron chi connectivity index (χ1n) is 4.18. The lowest BCUT2D eigenvalue weighted by atomic mass is 9.80. The quantitative estimate of drug-likeness (QED) is 0.579. The van der Waals surface area contributed by atoms with Crippen LogP contribution in [0.5, 0.6) is 0 Å². The van der Waals surface area contributed by atoms with Crippen LogP contribution in [0.4, 0.5) is 0 Å². The van der Waals surface area contributed by atoms with Gasteiger partial charge in [-0.05, 0) is 37.8 Å². The van der Waals surface area contributed by atoms with E-state index in [1.807, 2.05) is 0 Å². The molecule has 3 rings (SSSR count). The third kappa shape index (κ3) is 1.82. The molecule has 11 heavy (non-hydrogen) atoms. The second kappa shape index (κ2) is 3.97. The minimum atomic E-state index is 0. The molecule has 0 aromatic heterocycles. The number of rotatable bonds is 1. The summed E-state index contributed by atoms with van der Waals surface area (Å²) in [6, 6.07) is 0. The third-order valence-corrected chi connectivity index (χ3v) is 3.39. The number of hydrogen-bond acceptors (Lipinski definition) is 1. The van der Waals surface area contributed by atoms with Crippen molar-refractivity contribution in [1.82, 2.24) is 4.90 Å². The molecule has 3 fully saturated rings. The van der Waals surface area contributed by atoms with Crippen LogP contribution in [0.2, 0.25) is 0 Å². The van der Waals surface area contributed by atoms with Gasteiger partial charge < -0.3 is 4.90 Å². The molecular formula is C8H15Cl2N. The fraction of sp³-hybridized carbons (Fsp3) is 1.00. The SMILES string of the molecule is Cl.ClCC1CN2CCC1CC2. The molecule has 0 N–H and O–H groups in total. The summed E-state index contributed by atoms with van der Waals surface area (Å²) in [6.07, 6.45) is 2.80. The van der Waals surface area contributed by atoms with E-state index in [1.54, 1.807) is 0 Å². The Bertz CT molecular complexity index is 121. The number of piperidine rings is 3. The van der Waals surface area contributed by atoms with Gasteiger partial charge in [-0.25, -0.2) is 0 Å². The standard InChI is InChI=1S/C8H14ClN.ClH/c9-5-8-6-10-3-1-7(8)2-4-10;/h7-8H,1-6H2;1H. The van der Waals surface area contributed by atoms with E-state index in [0.29, 0.717) is 0 Å². The largest absolute Gasteiger partial charge is 0.303 e. The average Bonchev–Trinajstić information content (AvgIpc) is 2.06. The second-order valence-electron chi connectivity index (χ2n) is 3.55. The molecule has 3 aliphatic heterocycles. The lowest BCUT2D eigenvalue weighted by Gasteiger charge is -2.44. The minimum Gasteiger partial charge on any atom is -0.303 e. The van der Waals surface area contributed by atoms with Crippen molar-refractivity contribution in [2.75, 3.05) is 25.5 Å². The third-order valence-electron chi connectivity index (χ3n) is 2.99. The van der Waals surface area contributed by atoms with E-state index in [4.69, 9.17) is 11.6 Å². The van der Waals surface area contributed by atoms with Crippen molar-refractivity contribution < 1.29 is 0 Å². The summed E-state index contributed by atoms with van der Waals surface area (Å²) in [5.41, 5.74) is 0. The lowest BCUT2D eigenvalue weighted by molar-refractivity contribution is 0.0620. The van der Waals surface area contributed by atoms with Gasteiger partial charge in [0.15, 0.2) is 0 Å². The minimum absolute atomic E-state index is 0. The molecule has 2 bridgehead atoms. The summed E-state index contributed by atoms with van der Waals surface area (Å²) in [6.45, 7) is 3.93. The maximum absolute atomic E-state index is 5.85. The van der Waals surface area contributed by atoms with Gasteiger partial charge in [0, 0.05) is 12.4 Å². The van der Waals surface area contributed by atoms with E-state index in [0.717, 1.165) is 17.7 Å². The Labute approximate surface area is 79.5 Å². The van der Waals surface area contributed by atoms with Crippen LogP contribution in [0, 0.1) is 11.8 Å². The van der Waals surface area contributed by atoms with E-state index >= 15 is 0 Å². The molecule has 1 atom stereocenters. The van der Waals surface area contributed by atoms with Gasteiger partial charge >= 0.3 is 0 Å². The lowest BCUT2D eigenvalue weighted by Crippen LogP contribution is -2.47. The van der Waals surface area contributed by atoms with Gasteiger partial charge in [-0.15, -0.1) is 24.0 Å². The number of halogens is 2. The number of nitrogens with zero attached hydrogens (tertiary/aromatic N) is 1. The summed E-state index contributed by atoms with van der Waals surface area (Å²) < 4.78 is 0. The van der Waals surface area contributed by atoms with Crippen LogP contribution in [0.15, 0.2) is 0 Å². The summed E-state index contributed by atoms with van der Waals surface area (Å²) in [5, 5.41) is 0. The van der Waals surface area contributed by atoms with Crippen molar-refractivity contribution in [2.45, 2.75) is 12.8 Å². The second-order valence-corrected chi connectivity index (χ2v) is 3.86. The average molecular weight is 196 g/mol. The summed E-state index contributed by atoms with van der Waals surface area (Å²) in [4.78, 5) is 2.55. The zero-order valence-corrected chi connectivity index (χ0v) is 8.20. The smallest absolute Gasteiger partial charge is 0.0266 e. The highest BCUT2D eigenvalue weighted by atomic mass is 35.5. The van der Waals surface area contributed by atoms with E-state index in [-0.39, 0.29) is 12.4 Å². The Hall–Kier alpha value is 0.540. The Morgan fingerprint density at radius 2 is 1.91 bits per heavy atom. The van der Waals surface area contributed by atoms with E-state index in [9.17, 15) is 0 Å². The molecule has 3 saturated heterocycles. The van der Waals surface area contributed by atoms with Crippen molar-refractivity contribution in [1.29, 1.82) is 0 Å². The van der Waals surface area contributed by atoms with Crippen molar-refractivity contribution in [3.63, 3.8) is 0 Å². The van der Waals surface area contributed by atoms with Crippen molar-refractivity contribution in [3.8, 4) is 0 Å². The highest BCUT2D eigenvalue weighted by Crippen LogP contribution is 2.32. The first-order valence-corrected chi connectivity index (χ1v) is 4.72. The Morgan fingerprint density at radius 1 is 1.27 bits per heavy atom. The van der Waals surface area contributed by atoms with E-state index in [1.165, 1.54) is 32.5 Å².